The molecule has 1 atom stereocenters. The molecule has 0 aliphatic carbocycles. The van der Waals surface area contributed by atoms with Crippen molar-refractivity contribution < 1.29 is 18.0 Å². The number of hydrogen-bond donors (Lipinski definition) is 1. The lowest BCUT2D eigenvalue weighted by molar-refractivity contribution is -0.121. The molecule has 1 saturated heterocycles. The first kappa shape index (κ1) is 16.4. The Balaban J connectivity index is 1.79. The van der Waals surface area contributed by atoms with Crippen LogP contribution in [-0.2, 0) is 14.6 Å². The summed E-state index contributed by atoms with van der Waals surface area (Å²) in [4.78, 5) is 23.7. The average molecular weight is 421 g/mol. The Labute approximate surface area is 137 Å². The van der Waals surface area contributed by atoms with Gasteiger partial charge in [0.1, 0.15) is 0 Å². The van der Waals surface area contributed by atoms with Gasteiger partial charge in [-0.1, -0.05) is 12.1 Å². The van der Waals surface area contributed by atoms with Gasteiger partial charge < -0.3 is 5.32 Å². The van der Waals surface area contributed by atoms with E-state index in [9.17, 15) is 18.0 Å². The van der Waals surface area contributed by atoms with Gasteiger partial charge in [-0.3, -0.25) is 9.59 Å². The Morgan fingerprint density at radius 1 is 1.19 bits per heavy atom. The zero-order valence-electron chi connectivity index (χ0n) is 11.3. The number of amides is 1. The summed E-state index contributed by atoms with van der Waals surface area (Å²) in [6.45, 7) is 0. The van der Waals surface area contributed by atoms with Crippen molar-refractivity contribution in [1.29, 1.82) is 0 Å². The van der Waals surface area contributed by atoms with Crippen molar-refractivity contribution in [3.8, 4) is 0 Å². The second kappa shape index (κ2) is 6.87. The van der Waals surface area contributed by atoms with Crippen LogP contribution in [0.5, 0.6) is 0 Å². The topological polar surface area (TPSA) is 80.3 Å². The number of carbonyl (C=O) groups is 2. The van der Waals surface area contributed by atoms with Crippen LogP contribution in [0.4, 0.5) is 0 Å². The van der Waals surface area contributed by atoms with Gasteiger partial charge in [-0.2, -0.15) is 0 Å². The van der Waals surface area contributed by atoms with Gasteiger partial charge in [-0.25, -0.2) is 8.42 Å². The first-order chi connectivity index (χ1) is 9.85. The smallest absolute Gasteiger partial charge is 0.220 e. The Kier molecular flexibility index (Phi) is 5.37. The minimum absolute atomic E-state index is 0.00378. The van der Waals surface area contributed by atoms with E-state index in [1.807, 2.05) is 12.1 Å². The number of Topliss-reactive ketones (excluding diaryl/α,β-unsaturated/α-hetero) is 1. The number of halogens is 1. The van der Waals surface area contributed by atoms with Gasteiger partial charge in [0.15, 0.2) is 15.6 Å². The molecule has 114 valence electrons. The molecule has 7 heteroatoms. The van der Waals surface area contributed by atoms with E-state index >= 15 is 0 Å². The van der Waals surface area contributed by atoms with E-state index in [0.717, 1.165) is 3.57 Å². The molecule has 2 rings (SSSR count). The molecule has 1 N–H and O–H groups in total. The van der Waals surface area contributed by atoms with Gasteiger partial charge in [0.2, 0.25) is 5.91 Å². The van der Waals surface area contributed by atoms with Crippen molar-refractivity contribution >= 4 is 44.1 Å². The Morgan fingerprint density at radius 2 is 1.86 bits per heavy atom. The van der Waals surface area contributed by atoms with Crippen molar-refractivity contribution in [2.75, 3.05) is 11.5 Å². The first-order valence-electron chi connectivity index (χ1n) is 6.64. The number of nitrogens with one attached hydrogen (secondary N) is 1. The minimum atomic E-state index is -3.00. The number of ketones is 1. The van der Waals surface area contributed by atoms with Crippen molar-refractivity contribution in [1.82, 2.24) is 5.32 Å². The van der Waals surface area contributed by atoms with Crippen LogP contribution in [0.15, 0.2) is 24.3 Å². The fourth-order valence-electron chi connectivity index (χ4n) is 2.22. The van der Waals surface area contributed by atoms with Gasteiger partial charge in [0, 0.05) is 28.0 Å². The van der Waals surface area contributed by atoms with Gasteiger partial charge in [0.25, 0.3) is 0 Å². The molecular weight excluding hydrogens is 405 g/mol. The van der Waals surface area contributed by atoms with Crippen LogP contribution < -0.4 is 5.32 Å². The molecule has 1 heterocycles. The lowest BCUT2D eigenvalue weighted by Gasteiger charge is -2.10. The van der Waals surface area contributed by atoms with E-state index < -0.39 is 9.84 Å². The Bertz CT molecular complexity index is 639. The highest BCUT2D eigenvalue weighted by Crippen LogP contribution is 2.12. The summed E-state index contributed by atoms with van der Waals surface area (Å²) in [5, 5.41) is 2.68. The second-order valence-corrected chi connectivity index (χ2v) is 8.57. The molecule has 1 aliphatic rings. The molecule has 0 radical (unpaired) electrons. The summed E-state index contributed by atoms with van der Waals surface area (Å²) in [5.74, 6) is -0.222. The third-order valence-corrected chi connectivity index (χ3v) is 5.83. The first-order valence-corrected chi connectivity index (χ1v) is 9.54. The van der Waals surface area contributed by atoms with E-state index in [2.05, 4.69) is 27.9 Å². The Hall–Kier alpha value is -0.960. The number of rotatable bonds is 5. The van der Waals surface area contributed by atoms with Crippen LogP contribution in [0, 0.1) is 3.57 Å². The molecule has 1 fully saturated rings. The highest BCUT2D eigenvalue weighted by atomic mass is 127. The zero-order valence-corrected chi connectivity index (χ0v) is 14.3. The molecule has 1 aromatic carbocycles. The van der Waals surface area contributed by atoms with Crippen LogP contribution in [0.25, 0.3) is 0 Å². The fraction of sp³-hybridized carbons (Fsp3) is 0.429. The summed E-state index contributed by atoms with van der Waals surface area (Å²) < 4.78 is 23.6. The summed E-state index contributed by atoms with van der Waals surface area (Å²) in [6, 6.07) is 6.86. The van der Waals surface area contributed by atoms with E-state index in [4.69, 9.17) is 0 Å². The van der Waals surface area contributed by atoms with Crippen molar-refractivity contribution in [2.24, 2.45) is 0 Å². The largest absolute Gasteiger partial charge is 0.352 e. The summed E-state index contributed by atoms with van der Waals surface area (Å²) in [6.07, 6.45) is 0.673. The highest BCUT2D eigenvalue weighted by molar-refractivity contribution is 14.1. The molecule has 0 aromatic heterocycles. The number of carbonyl (C=O) groups excluding carboxylic acids is 2. The molecule has 1 amide bonds. The molecule has 0 saturated carbocycles. The van der Waals surface area contributed by atoms with Gasteiger partial charge in [0.05, 0.1) is 11.5 Å². The quantitative estimate of drug-likeness (QED) is 0.578. The zero-order chi connectivity index (χ0) is 15.5. The maximum absolute atomic E-state index is 11.9. The fourth-order valence-corrected chi connectivity index (χ4v) is 4.25. The maximum atomic E-state index is 11.9. The molecule has 1 unspecified atom stereocenters. The van der Waals surface area contributed by atoms with Crippen molar-refractivity contribution in [2.45, 2.75) is 25.3 Å². The van der Waals surface area contributed by atoms with Gasteiger partial charge in [-0.05, 0) is 41.1 Å². The molecular formula is C14H16INO4S. The molecule has 1 aromatic rings. The van der Waals surface area contributed by atoms with Crippen LogP contribution >= 0.6 is 22.6 Å². The number of sulfone groups is 1. The summed E-state index contributed by atoms with van der Waals surface area (Å²) >= 11 is 2.16. The standard InChI is InChI=1S/C14H16INO4S/c15-11-3-1-10(2-4-11)13(17)5-6-14(18)16-12-7-8-21(19,20)9-12/h1-4,12H,5-9H2,(H,16,18). The summed E-state index contributed by atoms with van der Waals surface area (Å²) in [5.41, 5.74) is 0.590. The van der Waals surface area contributed by atoms with Crippen molar-refractivity contribution in [3.63, 3.8) is 0 Å². The van der Waals surface area contributed by atoms with Crippen LogP contribution in [0.3, 0.4) is 0 Å². The molecule has 0 spiro atoms. The predicted molar refractivity (Wildman–Crippen MR) is 87.9 cm³/mol. The maximum Gasteiger partial charge on any atom is 0.220 e. The van der Waals surface area contributed by atoms with Crippen LogP contribution in [-0.4, -0.2) is 37.7 Å². The van der Waals surface area contributed by atoms with E-state index in [1.165, 1.54) is 0 Å². The minimum Gasteiger partial charge on any atom is -0.352 e. The van der Waals surface area contributed by atoms with E-state index in [1.54, 1.807) is 12.1 Å². The average Bonchev–Trinajstić information content (AvgIpc) is 2.76. The van der Waals surface area contributed by atoms with Gasteiger partial charge >= 0.3 is 0 Å². The predicted octanol–water partition coefficient (Wildman–Crippen LogP) is 1.56. The third-order valence-electron chi connectivity index (χ3n) is 3.34. The number of benzene rings is 1. The lowest BCUT2D eigenvalue weighted by Crippen LogP contribution is -2.35. The van der Waals surface area contributed by atoms with Crippen molar-refractivity contribution in [3.05, 3.63) is 33.4 Å². The second-order valence-electron chi connectivity index (χ2n) is 5.10. The monoisotopic (exact) mass is 421 g/mol. The third kappa shape index (κ3) is 5.06. The molecule has 5 nitrogen and oxygen atoms in total. The van der Waals surface area contributed by atoms with E-state index in [0.29, 0.717) is 12.0 Å². The number of hydrogen-bond acceptors (Lipinski definition) is 4. The Morgan fingerprint density at radius 3 is 2.43 bits per heavy atom. The summed E-state index contributed by atoms with van der Waals surface area (Å²) in [7, 11) is -3.00. The molecule has 1 aliphatic heterocycles. The molecule has 0 bridgehead atoms. The van der Waals surface area contributed by atoms with Crippen LogP contribution in [0.1, 0.15) is 29.6 Å². The van der Waals surface area contributed by atoms with Gasteiger partial charge in [-0.15, -0.1) is 0 Å². The van der Waals surface area contributed by atoms with E-state index in [-0.39, 0.29) is 42.1 Å². The normalized spacial score (nSPS) is 20.1. The highest BCUT2D eigenvalue weighted by Gasteiger charge is 2.28. The molecule has 21 heavy (non-hydrogen) atoms. The van der Waals surface area contributed by atoms with Crippen LogP contribution in [0.2, 0.25) is 0 Å². The lowest BCUT2D eigenvalue weighted by atomic mass is 10.1. The SMILES string of the molecule is O=C(CCC(=O)c1ccc(I)cc1)NC1CCS(=O)(=O)C1.